The van der Waals surface area contributed by atoms with Gasteiger partial charge >= 0.3 is 5.97 Å². The predicted molar refractivity (Wildman–Crippen MR) is 92.1 cm³/mol. The molecule has 0 atom stereocenters. The lowest BCUT2D eigenvalue weighted by molar-refractivity contribution is -0.136. The van der Waals surface area contributed by atoms with Gasteiger partial charge in [-0.2, -0.15) is 5.21 Å². The van der Waals surface area contributed by atoms with Gasteiger partial charge in [-0.05, 0) is 29.8 Å². The summed E-state index contributed by atoms with van der Waals surface area (Å²) in [5.74, 6) is 0.175. The Morgan fingerprint density at radius 3 is 2.68 bits per heavy atom. The molecule has 0 saturated carbocycles. The number of hydrogen-bond acceptors (Lipinski definition) is 7. The van der Waals surface area contributed by atoms with E-state index in [0.717, 1.165) is 11.1 Å². The summed E-state index contributed by atoms with van der Waals surface area (Å²) in [7, 11) is 0. The maximum absolute atomic E-state index is 12.0. The Kier molecular flexibility index (Phi) is 5.10. The van der Waals surface area contributed by atoms with E-state index in [4.69, 9.17) is 4.74 Å². The Balaban J connectivity index is 1.78. The maximum Gasteiger partial charge on any atom is 0.343 e. The van der Waals surface area contributed by atoms with Gasteiger partial charge in [0.1, 0.15) is 11.4 Å². The fourth-order valence-electron chi connectivity index (χ4n) is 2.13. The molecule has 0 fully saturated rings. The summed E-state index contributed by atoms with van der Waals surface area (Å²) in [6, 6.07) is 13.7. The van der Waals surface area contributed by atoms with Crippen LogP contribution >= 0.6 is 0 Å². The van der Waals surface area contributed by atoms with Crippen LogP contribution in [0.15, 0.2) is 54.9 Å². The van der Waals surface area contributed by atoms with Crippen LogP contribution in [0.2, 0.25) is 0 Å². The number of carbonyl (C=O) groups is 1. The van der Waals surface area contributed by atoms with Crippen molar-refractivity contribution in [3.05, 3.63) is 60.7 Å². The third-order valence-electron chi connectivity index (χ3n) is 3.32. The van der Waals surface area contributed by atoms with E-state index in [0.29, 0.717) is 5.82 Å². The summed E-state index contributed by atoms with van der Waals surface area (Å²) < 4.78 is 5.00. The van der Waals surface area contributed by atoms with Crippen LogP contribution in [0, 0.1) is 0 Å². The monoisotopic (exact) mass is 336 g/mol. The van der Waals surface area contributed by atoms with Crippen molar-refractivity contribution >= 4 is 17.4 Å². The van der Waals surface area contributed by atoms with Crippen LogP contribution in [0.5, 0.6) is 0 Å². The SMILES string of the molecule is CCOC(=O)C(=CNc1ccc(-c2ccccc2)cn1)c1nn[nH]n1. The Hall–Kier alpha value is -3.55. The topological polar surface area (TPSA) is 106 Å². The fourth-order valence-corrected chi connectivity index (χ4v) is 2.13. The summed E-state index contributed by atoms with van der Waals surface area (Å²) in [5.41, 5.74) is 2.24. The third kappa shape index (κ3) is 4.05. The largest absolute Gasteiger partial charge is 0.462 e. The van der Waals surface area contributed by atoms with Gasteiger partial charge in [-0.15, -0.1) is 10.2 Å². The molecule has 0 unspecified atom stereocenters. The highest BCUT2D eigenvalue weighted by molar-refractivity contribution is 6.15. The zero-order chi connectivity index (χ0) is 17.5. The number of carbonyl (C=O) groups excluding carboxylic acids is 1. The van der Waals surface area contributed by atoms with Gasteiger partial charge in [0.2, 0.25) is 5.82 Å². The lowest BCUT2D eigenvalue weighted by Crippen LogP contribution is -2.10. The highest BCUT2D eigenvalue weighted by atomic mass is 16.5. The number of rotatable bonds is 6. The first-order chi connectivity index (χ1) is 12.3. The number of nitrogens with one attached hydrogen (secondary N) is 2. The summed E-state index contributed by atoms with van der Waals surface area (Å²) in [4.78, 5) is 16.4. The molecule has 1 aromatic carbocycles. The molecule has 2 heterocycles. The molecule has 0 spiro atoms. The number of anilines is 1. The quantitative estimate of drug-likeness (QED) is 0.525. The molecule has 25 heavy (non-hydrogen) atoms. The molecule has 8 heteroatoms. The molecule has 2 aromatic heterocycles. The van der Waals surface area contributed by atoms with Crippen molar-refractivity contribution < 1.29 is 9.53 Å². The van der Waals surface area contributed by atoms with E-state index in [1.807, 2.05) is 42.5 Å². The predicted octanol–water partition coefficient (Wildman–Crippen LogP) is 2.28. The number of tetrazole rings is 1. The summed E-state index contributed by atoms with van der Waals surface area (Å²) >= 11 is 0. The van der Waals surface area contributed by atoms with Crippen molar-refractivity contribution in [2.45, 2.75) is 6.92 Å². The van der Waals surface area contributed by atoms with E-state index in [2.05, 4.69) is 30.9 Å². The number of hydrogen-bond donors (Lipinski definition) is 2. The van der Waals surface area contributed by atoms with Crippen molar-refractivity contribution in [1.29, 1.82) is 0 Å². The van der Waals surface area contributed by atoms with Crippen LogP contribution in [0.4, 0.5) is 5.82 Å². The Labute approximate surface area is 143 Å². The molecular formula is C17H16N6O2. The zero-order valence-corrected chi connectivity index (χ0v) is 13.5. The van der Waals surface area contributed by atoms with Crippen molar-refractivity contribution in [1.82, 2.24) is 25.6 Å². The van der Waals surface area contributed by atoms with Gasteiger partial charge in [0.25, 0.3) is 0 Å². The molecule has 3 aromatic rings. The van der Waals surface area contributed by atoms with Gasteiger partial charge in [-0.1, -0.05) is 30.3 Å². The number of aromatic nitrogens is 5. The van der Waals surface area contributed by atoms with Gasteiger partial charge in [0.15, 0.2) is 0 Å². The highest BCUT2D eigenvalue weighted by Gasteiger charge is 2.17. The van der Waals surface area contributed by atoms with E-state index in [9.17, 15) is 4.79 Å². The Morgan fingerprint density at radius 1 is 1.20 bits per heavy atom. The average Bonchev–Trinajstić information content (AvgIpc) is 3.18. The lowest BCUT2D eigenvalue weighted by Gasteiger charge is -2.06. The van der Waals surface area contributed by atoms with E-state index < -0.39 is 5.97 Å². The molecule has 2 N–H and O–H groups in total. The van der Waals surface area contributed by atoms with E-state index in [-0.39, 0.29) is 18.0 Å². The first-order valence-electron chi connectivity index (χ1n) is 7.67. The molecule has 0 saturated heterocycles. The van der Waals surface area contributed by atoms with Crippen LogP contribution in [-0.4, -0.2) is 38.2 Å². The Bertz CT molecular complexity index is 845. The van der Waals surface area contributed by atoms with Gasteiger partial charge in [0, 0.05) is 18.0 Å². The van der Waals surface area contributed by atoms with E-state index >= 15 is 0 Å². The molecular weight excluding hydrogens is 320 g/mol. The van der Waals surface area contributed by atoms with Crippen LogP contribution in [0.1, 0.15) is 12.7 Å². The maximum atomic E-state index is 12.0. The second-order valence-electron chi connectivity index (χ2n) is 4.96. The molecule has 0 radical (unpaired) electrons. The number of aromatic amines is 1. The van der Waals surface area contributed by atoms with Crippen LogP contribution < -0.4 is 5.32 Å². The molecule has 0 aliphatic heterocycles. The standard InChI is InChI=1S/C17H16N6O2/c1-2-25-17(24)14(16-20-22-23-21-16)11-19-15-9-8-13(10-18-15)12-6-4-3-5-7-12/h3-11H,2H2,1H3,(H,18,19)(H,20,21,22,23). The van der Waals surface area contributed by atoms with Crippen LogP contribution in [-0.2, 0) is 9.53 Å². The van der Waals surface area contributed by atoms with Crippen molar-refractivity contribution in [2.24, 2.45) is 0 Å². The highest BCUT2D eigenvalue weighted by Crippen LogP contribution is 2.19. The van der Waals surface area contributed by atoms with Crippen molar-refractivity contribution in [3.8, 4) is 11.1 Å². The van der Waals surface area contributed by atoms with Crippen LogP contribution in [0.25, 0.3) is 16.7 Å². The van der Waals surface area contributed by atoms with Crippen molar-refractivity contribution in [2.75, 3.05) is 11.9 Å². The number of nitrogens with zero attached hydrogens (tertiary/aromatic N) is 4. The molecule has 8 nitrogen and oxygen atoms in total. The molecule has 0 aliphatic carbocycles. The van der Waals surface area contributed by atoms with Crippen LogP contribution in [0.3, 0.4) is 0 Å². The van der Waals surface area contributed by atoms with E-state index in [1.165, 1.54) is 6.20 Å². The minimum Gasteiger partial charge on any atom is -0.462 e. The number of ether oxygens (including phenoxy) is 1. The van der Waals surface area contributed by atoms with Gasteiger partial charge < -0.3 is 10.1 Å². The first kappa shape index (κ1) is 16.3. The lowest BCUT2D eigenvalue weighted by atomic mass is 10.1. The summed E-state index contributed by atoms with van der Waals surface area (Å²) in [5, 5.41) is 16.3. The number of benzene rings is 1. The smallest absolute Gasteiger partial charge is 0.343 e. The minimum atomic E-state index is -0.544. The number of esters is 1. The zero-order valence-electron chi connectivity index (χ0n) is 13.5. The summed E-state index contributed by atoms with van der Waals surface area (Å²) in [6.45, 7) is 1.97. The molecule has 126 valence electrons. The second-order valence-corrected chi connectivity index (χ2v) is 4.96. The first-order valence-corrected chi connectivity index (χ1v) is 7.67. The van der Waals surface area contributed by atoms with E-state index in [1.54, 1.807) is 13.1 Å². The third-order valence-corrected chi connectivity index (χ3v) is 3.32. The van der Waals surface area contributed by atoms with Crippen molar-refractivity contribution in [3.63, 3.8) is 0 Å². The minimum absolute atomic E-state index is 0.145. The second kappa shape index (κ2) is 7.82. The molecule has 0 amide bonds. The fraction of sp³-hybridized carbons (Fsp3) is 0.118. The van der Waals surface area contributed by atoms with Gasteiger partial charge in [-0.25, -0.2) is 9.78 Å². The molecule has 3 rings (SSSR count). The average molecular weight is 336 g/mol. The van der Waals surface area contributed by atoms with Gasteiger partial charge in [0.05, 0.1) is 6.61 Å². The summed E-state index contributed by atoms with van der Waals surface area (Å²) in [6.07, 6.45) is 3.21. The number of pyridine rings is 1. The molecule has 0 bridgehead atoms. The molecule has 0 aliphatic rings. The normalized spacial score (nSPS) is 11.2. The Morgan fingerprint density at radius 2 is 2.04 bits per heavy atom. The van der Waals surface area contributed by atoms with Gasteiger partial charge in [-0.3, -0.25) is 0 Å². The number of H-pyrrole nitrogens is 1.